The first kappa shape index (κ1) is 10.6. The van der Waals surface area contributed by atoms with E-state index >= 15 is 0 Å². The van der Waals surface area contributed by atoms with Crippen molar-refractivity contribution in [1.29, 1.82) is 0 Å². The quantitative estimate of drug-likeness (QED) is 0.755. The lowest BCUT2D eigenvalue weighted by atomic mass is 9.79. The summed E-state index contributed by atoms with van der Waals surface area (Å²) in [6, 6.07) is 9.17. The molecule has 2 saturated heterocycles. The van der Waals surface area contributed by atoms with Crippen LogP contribution in [0.15, 0.2) is 24.3 Å². The fourth-order valence-corrected chi connectivity index (χ4v) is 3.97. The lowest BCUT2D eigenvalue weighted by Crippen LogP contribution is -2.58. The second kappa shape index (κ2) is 3.82. The standard InChI is InChI=1S/C15H18N2O/c18-13-9-17-8-4-3-7-12(17)15-14(13)10-5-1-2-6-11(10)16-15/h1-2,5-6,12,14-16H,3-4,7-9H2/t12-,14?,15?/m0/s1. The van der Waals surface area contributed by atoms with Gasteiger partial charge in [-0.1, -0.05) is 24.6 Å². The highest BCUT2D eigenvalue weighted by Crippen LogP contribution is 2.43. The average molecular weight is 242 g/mol. The Kier molecular flexibility index (Phi) is 2.24. The number of fused-ring (bicyclic) bond motifs is 5. The molecule has 0 saturated carbocycles. The van der Waals surface area contributed by atoms with Crippen LogP contribution in [0.2, 0.25) is 0 Å². The summed E-state index contributed by atoms with van der Waals surface area (Å²) in [5.74, 6) is 0.496. The number of rotatable bonds is 0. The molecule has 4 rings (SSSR count). The van der Waals surface area contributed by atoms with Gasteiger partial charge in [-0.05, 0) is 31.0 Å². The smallest absolute Gasteiger partial charge is 0.156 e. The third-order valence-electron chi connectivity index (χ3n) is 4.76. The monoisotopic (exact) mass is 242 g/mol. The summed E-state index contributed by atoms with van der Waals surface area (Å²) in [7, 11) is 0. The van der Waals surface area contributed by atoms with Crippen molar-refractivity contribution in [1.82, 2.24) is 4.90 Å². The van der Waals surface area contributed by atoms with Gasteiger partial charge in [0.05, 0.1) is 18.5 Å². The Balaban J connectivity index is 1.74. The third-order valence-corrected chi connectivity index (χ3v) is 4.76. The Morgan fingerprint density at radius 1 is 1.22 bits per heavy atom. The molecule has 1 aromatic carbocycles. The van der Waals surface area contributed by atoms with Crippen LogP contribution >= 0.6 is 0 Å². The molecule has 2 unspecified atom stereocenters. The Bertz CT molecular complexity index is 499. The molecule has 0 aromatic heterocycles. The van der Waals surface area contributed by atoms with E-state index in [9.17, 15) is 4.79 Å². The number of ketones is 1. The van der Waals surface area contributed by atoms with Crippen LogP contribution in [0, 0.1) is 0 Å². The summed E-state index contributed by atoms with van der Waals surface area (Å²) >= 11 is 0. The minimum atomic E-state index is 0.0977. The van der Waals surface area contributed by atoms with Gasteiger partial charge >= 0.3 is 0 Å². The predicted octanol–water partition coefficient (Wildman–Crippen LogP) is 2.00. The summed E-state index contributed by atoms with van der Waals surface area (Å²) in [5, 5.41) is 3.60. The molecule has 1 aromatic rings. The van der Waals surface area contributed by atoms with Crippen molar-refractivity contribution in [3.05, 3.63) is 29.8 Å². The van der Waals surface area contributed by atoms with E-state index in [0.29, 0.717) is 24.4 Å². The minimum Gasteiger partial charge on any atom is -0.379 e. The number of hydrogen-bond donors (Lipinski definition) is 1. The largest absolute Gasteiger partial charge is 0.379 e. The number of carbonyl (C=O) groups is 1. The molecule has 0 amide bonds. The highest BCUT2D eigenvalue weighted by molar-refractivity contribution is 5.93. The molecule has 3 atom stereocenters. The molecule has 3 heteroatoms. The van der Waals surface area contributed by atoms with Gasteiger partial charge in [-0.25, -0.2) is 0 Å². The second-order valence-electron chi connectivity index (χ2n) is 5.73. The van der Waals surface area contributed by atoms with E-state index in [4.69, 9.17) is 0 Å². The number of para-hydroxylation sites is 1. The average Bonchev–Trinajstić information content (AvgIpc) is 2.79. The molecule has 0 spiro atoms. The number of benzene rings is 1. The summed E-state index contributed by atoms with van der Waals surface area (Å²) in [4.78, 5) is 14.8. The van der Waals surface area contributed by atoms with Gasteiger partial charge in [-0.2, -0.15) is 0 Å². The number of anilines is 1. The predicted molar refractivity (Wildman–Crippen MR) is 70.8 cm³/mol. The summed E-state index contributed by atoms with van der Waals surface area (Å²) < 4.78 is 0. The normalized spacial score (nSPS) is 34.4. The van der Waals surface area contributed by atoms with Crippen LogP contribution < -0.4 is 5.32 Å². The first-order chi connectivity index (χ1) is 8.84. The van der Waals surface area contributed by atoms with Gasteiger partial charge in [0.15, 0.2) is 5.78 Å². The molecule has 0 bridgehead atoms. The zero-order valence-electron chi connectivity index (χ0n) is 10.4. The third kappa shape index (κ3) is 1.37. The Morgan fingerprint density at radius 3 is 3.06 bits per heavy atom. The van der Waals surface area contributed by atoms with Crippen LogP contribution in [0.3, 0.4) is 0 Å². The molecule has 0 radical (unpaired) electrons. The molecule has 3 heterocycles. The van der Waals surface area contributed by atoms with Gasteiger partial charge < -0.3 is 5.32 Å². The van der Waals surface area contributed by atoms with Crippen molar-refractivity contribution < 1.29 is 4.79 Å². The number of nitrogens with zero attached hydrogens (tertiary/aromatic N) is 1. The number of carbonyl (C=O) groups excluding carboxylic acids is 1. The molecular formula is C15H18N2O. The van der Waals surface area contributed by atoms with Crippen LogP contribution in [0.5, 0.6) is 0 Å². The second-order valence-corrected chi connectivity index (χ2v) is 5.73. The van der Waals surface area contributed by atoms with Gasteiger partial charge in [0.2, 0.25) is 0 Å². The van der Waals surface area contributed by atoms with Crippen LogP contribution in [0.4, 0.5) is 5.69 Å². The molecule has 3 aliphatic heterocycles. The van der Waals surface area contributed by atoms with E-state index < -0.39 is 0 Å². The fraction of sp³-hybridized carbons (Fsp3) is 0.533. The molecule has 3 aliphatic rings. The molecule has 94 valence electrons. The number of Topliss-reactive ketones (excluding diaryl/α,β-unsaturated/α-hetero) is 1. The lowest BCUT2D eigenvalue weighted by molar-refractivity contribution is -0.126. The number of piperidine rings is 2. The van der Waals surface area contributed by atoms with Crippen LogP contribution in [-0.4, -0.2) is 35.9 Å². The SMILES string of the molecule is O=C1CN2CCCC[C@H]2C2Nc3ccccc3C12. The molecule has 0 aliphatic carbocycles. The fourth-order valence-electron chi connectivity index (χ4n) is 3.97. The summed E-state index contributed by atoms with van der Waals surface area (Å²) in [6.45, 7) is 1.75. The summed E-state index contributed by atoms with van der Waals surface area (Å²) in [5.41, 5.74) is 2.39. The van der Waals surface area contributed by atoms with Gasteiger partial charge in [0.1, 0.15) is 0 Å². The zero-order chi connectivity index (χ0) is 12.1. The minimum absolute atomic E-state index is 0.0977. The van der Waals surface area contributed by atoms with Crippen molar-refractivity contribution in [2.75, 3.05) is 18.4 Å². The maximum absolute atomic E-state index is 12.4. The van der Waals surface area contributed by atoms with Crippen LogP contribution in [-0.2, 0) is 4.79 Å². The van der Waals surface area contributed by atoms with Crippen molar-refractivity contribution >= 4 is 11.5 Å². The van der Waals surface area contributed by atoms with E-state index in [2.05, 4.69) is 22.3 Å². The topological polar surface area (TPSA) is 32.3 Å². The van der Waals surface area contributed by atoms with E-state index in [0.717, 1.165) is 6.54 Å². The van der Waals surface area contributed by atoms with Gasteiger partial charge in [0, 0.05) is 11.7 Å². The molecule has 3 nitrogen and oxygen atoms in total. The Labute approximate surface area is 107 Å². The van der Waals surface area contributed by atoms with E-state index in [-0.39, 0.29) is 5.92 Å². The maximum Gasteiger partial charge on any atom is 0.156 e. The van der Waals surface area contributed by atoms with Gasteiger partial charge in [-0.15, -0.1) is 0 Å². The number of hydrogen-bond acceptors (Lipinski definition) is 3. The molecule has 1 N–H and O–H groups in total. The molecule has 2 fully saturated rings. The Morgan fingerprint density at radius 2 is 2.11 bits per heavy atom. The van der Waals surface area contributed by atoms with Gasteiger partial charge in [0.25, 0.3) is 0 Å². The van der Waals surface area contributed by atoms with Crippen molar-refractivity contribution in [2.45, 2.75) is 37.3 Å². The lowest BCUT2D eigenvalue weighted by Gasteiger charge is -2.44. The first-order valence-corrected chi connectivity index (χ1v) is 6.97. The van der Waals surface area contributed by atoms with Gasteiger partial charge in [-0.3, -0.25) is 9.69 Å². The number of nitrogens with one attached hydrogen (secondary N) is 1. The highest BCUT2D eigenvalue weighted by Gasteiger charge is 2.47. The van der Waals surface area contributed by atoms with E-state index in [1.54, 1.807) is 0 Å². The van der Waals surface area contributed by atoms with E-state index in [1.807, 2.05) is 12.1 Å². The molecular weight excluding hydrogens is 224 g/mol. The maximum atomic E-state index is 12.4. The van der Waals surface area contributed by atoms with Crippen LogP contribution in [0.1, 0.15) is 30.7 Å². The first-order valence-electron chi connectivity index (χ1n) is 6.97. The van der Waals surface area contributed by atoms with E-state index in [1.165, 1.54) is 30.5 Å². The zero-order valence-corrected chi connectivity index (χ0v) is 10.4. The highest BCUT2D eigenvalue weighted by atomic mass is 16.1. The summed E-state index contributed by atoms with van der Waals surface area (Å²) in [6.07, 6.45) is 3.78. The molecule has 18 heavy (non-hydrogen) atoms. The van der Waals surface area contributed by atoms with Crippen molar-refractivity contribution in [2.24, 2.45) is 0 Å². The van der Waals surface area contributed by atoms with Crippen molar-refractivity contribution in [3.8, 4) is 0 Å². The van der Waals surface area contributed by atoms with Crippen molar-refractivity contribution in [3.63, 3.8) is 0 Å². The van der Waals surface area contributed by atoms with Crippen LogP contribution in [0.25, 0.3) is 0 Å². The Hall–Kier alpha value is -1.35.